The summed E-state index contributed by atoms with van der Waals surface area (Å²) < 4.78 is 36.1. The first-order chi connectivity index (χ1) is 23.8. The normalized spacial score (nSPS) is 18.8. The summed E-state index contributed by atoms with van der Waals surface area (Å²) >= 11 is 0. The number of rotatable bonds is 8. The van der Waals surface area contributed by atoms with Crippen LogP contribution in [0.25, 0.3) is 10.9 Å². The number of carbonyl (C=O) groups excluding carboxylic acids is 3. The molecule has 0 spiro atoms. The molecule has 0 amide bonds. The number of ether oxygens (including phenoxy) is 6. The molecular formula is C39H33NO9. The van der Waals surface area contributed by atoms with E-state index in [0.29, 0.717) is 42.0 Å². The summed E-state index contributed by atoms with van der Waals surface area (Å²) in [4.78, 5) is 40.6. The number of aryl methyl sites for hydroxylation is 1. The van der Waals surface area contributed by atoms with Gasteiger partial charge in [0.15, 0.2) is 23.0 Å². The molecule has 10 nitrogen and oxygen atoms in total. The standard InChI is InChI=1S/C39H33NO9/c1-21-8-7-11-26-28(18-40(35(21)26)17-22-9-5-4-6-10-22)36(41)39(43)49-37-31(44-2)14-24(15-32(37)45-3)33-27-16-30-29(47-20-48-30)13-23(27)12-25-19-46-38(42)34(25)33/h4-11,13-16,18,25,33-34H,12,17,19-20H2,1-3H3/t25-,33+,34-/m0/s1. The largest absolute Gasteiger partial charge is 0.493 e. The number of Topliss-reactive ketones (excluding diaryl/α,β-unsaturated/α-hetero) is 1. The summed E-state index contributed by atoms with van der Waals surface area (Å²) in [6, 6.07) is 22.9. The van der Waals surface area contributed by atoms with E-state index < -0.39 is 23.6 Å². The predicted molar refractivity (Wildman–Crippen MR) is 178 cm³/mol. The van der Waals surface area contributed by atoms with Gasteiger partial charge in [0, 0.05) is 30.0 Å². The van der Waals surface area contributed by atoms with E-state index in [2.05, 4.69) is 0 Å². The Labute approximate surface area is 282 Å². The lowest BCUT2D eigenvalue weighted by Crippen LogP contribution is -2.31. The van der Waals surface area contributed by atoms with Crippen molar-refractivity contribution in [2.45, 2.75) is 25.8 Å². The van der Waals surface area contributed by atoms with Crippen molar-refractivity contribution in [1.29, 1.82) is 0 Å². The molecule has 1 aromatic heterocycles. The van der Waals surface area contributed by atoms with Crippen LogP contribution in [0.3, 0.4) is 0 Å². The monoisotopic (exact) mass is 659 g/mol. The van der Waals surface area contributed by atoms with Gasteiger partial charge in [-0.2, -0.15) is 0 Å². The number of benzene rings is 4. The van der Waals surface area contributed by atoms with Gasteiger partial charge in [-0.3, -0.25) is 9.59 Å². The Morgan fingerprint density at radius 1 is 0.898 bits per heavy atom. The molecule has 2 aliphatic heterocycles. The van der Waals surface area contributed by atoms with Crippen LogP contribution < -0.4 is 23.7 Å². The number of ketones is 1. The number of hydrogen-bond acceptors (Lipinski definition) is 9. The number of cyclic esters (lactones) is 1. The number of nitrogens with zero attached hydrogens (tertiary/aromatic N) is 1. The molecular weight excluding hydrogens is 626 g/mol. The molecule has 10 heteroatoms. The number of fused-ring (bicyclic) bond motifs is 4. The van der Waals surface area contributed by atoms with Crippen molar-refractivity contribution in [2.75, 3.05) is 27.6 Å². The second-order valence-corrected chi connectivity index (χ2v) is 12.6. The van der Waals surface area contributed by atoms with Crippen LogP contribution in [0.4, 0.5) is 0 Å². The molecule has 0 radical (unpaired) electrons. The van der Waals surface area contributed by atoms with E-state index in [0.717, 1.165) is 27.8 Å². The Hall–Kier alpha value is -5.77. The lowest BCUT2D eigenvalue weighted by Gasteiger charge is -2.34. The van der Waals surface area contributed by atoms with Crippen LogP contribution in [0.5, 0.6) is 28.7 Å². The third-order valence-corrected chi connectivity index (χ3v) is 9.79. The highest BCUT2D eigenvalue weighted by atomic mass is 16.7. The van der Waals surface area contributed by atoms with E-state index >= 15 is 0 Å². The smallest absolute Gasteiger partial charge is 0.385 e. The molecule has 8 rings (SSSR count). The SMILES string of the molecule is COc1cc([C@@H]2c3cc4c(cc3C[C@H]3COC(=O)[C@@H]32)OCO4)cc(OC)c1OC(=O)C(=O)c1cn(Cc2ccccc2)c2c(C)cccc12. The minimum atomic E-state index is -1.08. The first kappa shape index (κ1) is 30.6. The number of methoxy groups -OCH3 is 2. The van der Waals surface area contributed by atoms with Crippen LogP contribution in [-0.4, -0.2) is 49.9 Å². The molecule has 1 saturated heterocycles. The van der Waals surface area contributed by atoms with Crippen molar-refractivity contribution < 1.29 is 42.8 Å². The number of esters is 2. The van der Waals surface area contributed by atoms with Gasteiger partial charge >= 0.3 is 11.9 Å². The molecule has 0 unspecified atom stereocenters. The van der Waals surface area contributed by atoms with Crippen molar-refractivity contribution in [2.24, 2.45) is 11.8 Å². The van der Waals surface area contributed by atoms with Gasteiger partial charge in [0.25, 0.3) is 5.78 Å². The van der Waals surface area contributed by atoms with Crippen LogP contribution in [0.2, 0.25) is 0 Å². The molecule has 1 fully saturated rings. The highest BCUT2D eigenvalue weighted by Gasteiger charge is 2.48. The highest BCUT2D eigenvalue weighted by Crippen LogP contribution is 2.52. The predicted octanol–water partition coefficient (Wildman–Crippen LogP) is 6.01. The van der Waals surface area contributed by atoms with E-state index in [1.807, 2.05) is 72.2 Å². The fourth-order valence-electron chi connectivity index (χ4n) is 7.57. The summed E-state index contributed by atoms with van der Waals surface area (Å²) in [5, 5.41) is 0.655. The van der Waals surface area contributed by atoms with Gasteiger partial charge in [-0.25, -0.2) is 4.79 Å². The topological polar surface area (TPSA) is 112 Å². The summed E-state index contributed by atoms with van der Waals surface area (Å²) in [5.41, 5.74) is 5.78. The molecule has 0 N–H and O–H groups in total. The second kappa shape index (κ2) is 12.0. The second-order valence-electron chi connectivity index (χ2n) is 12.6. The number of hydrogen-bond donors (Lipinski definition) is 0. The van der Waals surface area contributed by atoms with Crippen LogP contribution in [0.15, 0.2) is 79.0 Å². The van der Waals surface area contributed by atoms with Gasteiger partial charge in [-0.15, -0.1) is 0 Å². The molecule has 4 aromatic carbocycles. The van der Waals surface area contributed by atoms with Crippen molar-refractivity contribution in [3.8, 4) is 28.7 Å². The molecule has 3 aliphatic rings. The summed E-state index contributed by atoms with van der Waals surface area (Å²) in [5.74, 6) is -1.49. The summed E-state index contributed by atoms with van der Waals surface area (Å²) in [6.45, 7) is 2.95. The first-order valence-corrected chi connectivity index (χ1v) is 16.1. The Morgan fingerprint density at radius 3 is 2.37 bits per heavy atom. The van der Waals surface area contributed by atoms with Gasteiger partial charge < -0.3 is 33.0 Å². The zero-order valence-electron chi connectivity index (χ0n) is 27.2. The lowest BCUT2D eigenvalue weighted by molar-refractivity contribution is -0.141. The fraction of sp³-hybridized carbons (Fsp3) is 0.256. The molecule has 49 heavy (non-hydrogen) atoms. The maximum atomic E-state index is 13.8. The Balaban J connectivity index is 1.15. The number of para-hydroxylation sites is 1. The van der Waals surface area contributed by atoms with Crippen molar-refractivity contribution in [1.82, 2.24) is 4.57 Å². The molecule has 0 saturated carbocycles. The van der Waals surface area contributed by atoms with Crippen LogP contribution in [0.1, 0.15) is 44.1 Å². The van der Waals surface area contributed by atoms with Crippen molar-refractivity contribution >= 4 is 28.6 Å². The van der Waals surface area contributed by atoms with Crippen LogP contribution in [-0.2, 0) is 27.3 Å². The fourth-order valence-corrected chi connectivity index (χ4v) is 7.57. The number of carbonyl (C=O) groups is 3. The van der Waals surface area contributed by atoms with E-state index in [4.69, 9.17) is 28.4 Å². The zero-order chi connectivity index (χ0) is 33.8. The van der Waals surface area contributed by atoms with E-state index in [-0.39, 0.29) is 41.5 Å². The van der Waals surface area contributed by atoms with E-state index in [1.54, 1.807) is 18.3 Å². The van der Waals surface area contributed by atoms with Crippen LogP contribution in [0, 0.1) is 18.8 Å². The quantitative estimate of drug-likeness (QED) is 0.0856. The zero-order valence-corrected chi connectivity index (χ0v) is 27.2. The third-order valence-electron chi connectivity index (χ3n) is 9.79. The van der Waals surface area contributed by atoms with E-state index in [9.17, 15) is 14.4 Å². The van der Waals surface area contributed by atoms with Gasteiger partial charge in [0.2, 0.25) is 12.5 Å². The molecule has 3 atom stereocenters. The summed E-state index contributed by atoms with van der Waals surface area (Å²) in [6.07, 6.45) is 2.36. The van der Waals surface area contributed by atoms with Gasteiger partial charge in [0.1, 0.15) is 0 Å². The highest BCUT2D eigenvalue weighted by molar-refractivity contribution is 6.43. The minimum Gasteiger partial charge on any atom is -0.493 e. The van der Waals surface area contributed by atoms with Crippen LogP contribution >= 0.6 is 0 Å². The van der Waals surface area contributed by atoms with Gasteiger partial charge in [0.05, 0.1) is 37.8 Å². The Bertz CT molecular complexity index is 2130. The van der Waals surface area contributed by atoms with Gasteiger partial charge in [-0.05, 0) is 65.4 Å². The molecule has 248 valence electrons. The average Bonchev–Trinajstić information content (AvgIpc) is 3.83. The molecule has 5 aromatic rings. The average molecular weight is 660 g/mol. The maximum absolute atomic E-state index is 13.8. The molecule has 0 bridgehead atoms. The lowest BCUT2D eigenvalue weighted by atomic mass is 9.67. The number of aromatic nitrogens is 1. The Kier molecular flexibility index (Phi) is 7.51. The summed E-state index contributed by atoms with van der Waals surface area (Å²) in [7, 11) is 2.88. The van der Waals surface area contributed by atoms with Crippen molar-refractivity contribution in [3.05, 3.63) is 112 Å². The molecule has 3 heterocycles. The van der Waals surface area contributed by atoms with Gasteiger partial charge in [-0.1, -0.05) is 48.5 Å². The molecule has 1 aliphatic carbocycles. The third kappa shape index (κ3) is 5.15. The van der Waals surface area contributed by atoms with Crippen molar-refractivity contribution in [3.63, 3.8) is 0 Å². The van der Waals surface area contributed by atoms with E-state index in [1.165, 1.54) is 14.2 Å². The maximum Gasteiger partial charge on any atom is 0.385 e. The minimum absolute atomic E-state index is 0.0369. The first-order valence-electron chi connectivity index (χ1n) is 16.1. The Morgan fingerprint density at radius 2 is 1.63 bits per heavy atom.